The maximum absolute atomic E-state index is 5.25. The van der Waals surface area contributed by atoms with Crippen molar-refractivity contribution in [1.29, 1.82) is 0 Å². The molecule has 0 atom stereocenters. The van der Waals surface area contributed by atoms with Gasteiger partial charge in [-0.15, -0.1) is 0 Å². The Morgan fingerprint density at radius 1 is 1.50 bits per heavy atom. The molecule has 4 nitrogen and oxygen atoms in total. The van der Waals surface area contributed by atoms with E-state index >= 15 is 0 Å². The summed E-state index contributed by atoms with van der Waals surface area (Å²) in [4.78, 5) is 7.95. The maximum atomic E-state index is 5.25. The van der Waals surface area contributed by atoms with Crippen molar-refractivity contribution < 1.29 is 9.47 Å². The predicted octanol–water partition coefficient (Wildman–Crippen LogP) is 1.19. The van der Waals surface area contributed by atoms with E-state index in [0.717, 1.165) is 5.56 Å². The molecule has 0 amide bonds. The first kappa shape index (κ1) is 8.77. The van der Waals surface area contributed by atoms with Crippen LogP contribution in [0, 0.1) is 6.92 Å². The van der Waals surface area contributed by atoms with Crippen molar-refractivity contribution in [2.75, 3.05) is 13.7 Å². The number of nitrogens with zero attached hydrogens (tertiary/aromatic N) is 2. The summed E-state index contributed by atoms with van der Waals surface area (Å²) in [5.74, 6) is 0.587. The van der Waals surface area contributed by atoms with Gasteiger partial charge in [-0.25, -0.2) is 4.98 Å². The molecule has 0 aliphatic rings. The summed E-state index contributed by atoms with van der Waals surface area (Å²) in [6, 6.07) is 0.337. The number of aromatic nitrogens is 2. The van der Waals surface area contributed by atoms with Gasteiger partial charge >= 0.3 is 6.01 Å². The van der Waals surface area contributed by atoms with E-state index in [2.05, 4.69) is 9.97 Å². The Labute approximate surface area is 71.6 Å². The highest BCUT2D eigenvalue weighted by molar-refractivity contribution is 5.23. The highest BCUT2D eigenvalue weighted by Gasteiger charge is 2.03. The molecule has 0 bridgehead atoms. The summed E-state index contributed by atoms with van der Waals surface area (Å²) in [5, 5.41) is 0. The van der Waals surface area contributed by atoms with E-state index in [1.165, 1.54) is 7.11 Å². The average molecular weight is 168 g/mol. The van der Waals surface area contributed by atoms with Crippen molar-refractivity contribution in [1.82, 2.24) is 9.97 Å². The van der Waals surface area contributed by atoms with Gasteiger partial charge in [-0.05, 0) is 13.8 Å². The third-order valence-corrected chi connectivity index (χ3v) is 1.37. The lowest BCUT2D eigenvalue weighted by molar-refractivity contribution is 0.309. The van der Waals surface area contributed by atoms with E-state index in [9.17, 15) is 0 Å². The fourth-order valence-electron chi connectivity index (χ4n) is 0.792. The van der Waals surface area contributed by atoms with Gasteiger partial charge in [0.05, 0.1) is 13.7 Å². The smallest absolute Gasteiger partial charge is 0.319 e. The first-order valence-corrected chi connectivity index (χ1v) is 3.78. The SMILES string of the molecule is CCOc1nc(OC)ncc1C. The summed E-state index contributed by atoms with van der Waals surface area (Å²) in [6.45, 7) is 4.40. The quantitative estimate of drug-likeness (QED) is 0.680. The number of aryl methyl sites for hydroxylation is 1. The Kier molecular flexibility index (Phi) is 2.85. The zero-order valence-corrected chi connectivity index (χ0v) is 7.50. The fourth-order valence-corrected chi connectivity index (χ4v) is 0.792. The molecule has 1 aromatic heterocycles. The normalized spacial score (nSPS) is 9.58. The molecule has 0 unspecified atom stereocenters. The molecule has 0 radical (unpaired) electrons. The summed E-state index contributed by atoms with van der Waals surface area (Å²) >= 11 is 0. The van der Waals surface area contributed by atoms with Crippen LogP contribution in [0.3, 0.4) is 0 Å². The topological polar surface area (TPSA) is 44.2 Å². The molecule has 0 aliphatic carbocycles. The molecule has 1 rings (SSSR count). The van der Waals surface area contributed by atoms with Gasteiger partial charge in [0, 0.05) is 11.8 Å². The van der Waals surface area contributed by atoms with Gasteiger partial charge in [-0.1, -0.05) is 0 Å². The van der Waals surface area contributed by atoms with E-state index in [4.69, 9.17) is 9.47 Å². The molecule has 1 aromatic rings. The van der Waals surface area contributed by atoms with Crippen LogP contribution >= 0.6 is 0 Å². The Hall–Kier alpha value is -1.32. The first-order chi connectivity index (χ1) is 5.77. The minimum Gasteiger partial charge on any atom is -0.478 e. The molecule has 4 heteroatoms. The first-order valence-electron chi connectivity index (χ1n) is 3.78. The molecule has 0 saturated heterocycles. The summed E-state index contributed by atoms with van der Waals surface area (Å²) in [7, 11) is 1.53. The lowest BCUT2D eigenvalue weighted by Crippen LogP contribution is -2.00. The average Bonchev–Trinajstić information content (AvgIpc) is 2.09. The molecule has 0 aromatic carbocycles. The van der Waals surface area contributed by atoms with E-state index < -0.39 is 0 Å². The van der Waals surface area contributed by atoms with Crippen LogP contribution in [-0.2, 0) is 0 Å². The third-order valence-electron chi connectivity index (χ3n) is 1.37. The fraction of sp³-hybridized carbons (Fsp3) is 0.500. The van der Waals surface area contributed by atoms with Crippen LogP contribution in [0.2, 0.25) is 0 Å². The molecule has 0 saturated carbocycles. The van der Waals surface area contributed by atoms with Crippen LogP contribution in [0.1, 0.15) is 12.5 Å². The highest BCUT2D eigenvalue weighted by atomic mass is 16.5. The third kappa shape index (κ3) is 1.84. The van der Waals surface area contributed by atoms with E-state index in [0.29, 0.717) is 18.5 Å². The lowest BCUT2D eigenvalue weighted by atomic mass is 10.4. The van der Waals surface area contributed by atoms with Gasteiger partial charge in [0.1, 0.15) is 0 Å². The van der Waals surface area contributed by atoms with Crippen LogP contribution in [0.4, 0.5) is 0 Å². The molecule has 1 heterocycles. The standard InChI is InChI=1S/C8H12N2O2/c1-4-12-7-6(2)5-9-8(10-7)11-3/h5H,4H2,1-3H3. The molecular weight excluding hydrogens is 156 g/mol. The second-order valence-corrected chi connectivity index (χ2v) is 2.28. The minimum atomic E-state index is 0.337. The second-order valence-electron chi connectivity index (χ2n) is 2.28. The second kappa shape index (κ2) is 3.90. The van der Waals surface area contributed by atoms with Crippen LogP contribution < -0.4 is 9.47 Å². The maximum Gasteiger partial charge on any atom is 0.319 e. The zero-order chi connectivity index (χ0) is 8.97. The number of hydrogen-bond donors (Lipinski definition) is 0. The van der Waals surface area contributed by atoms with Gasteiger partial charge in [-0.2, -0.15) is 4.98 Å². The molecule has 0 N–H and O–H groups in total. The Bertz CT molecular complexity index is 263. The van der Waals surface area contributed by atoms with Crippen molar-refractivity contribution in [3.05, 3.63) is 11.8 Å². The number of methoxy groups -OCH3 is 1. The Morgan fingerprint density at radius 2 is 2.25 bits per heavy atom. The van der Waals surface area contributed by atoms with Crippen molar-refractivity contribution in [3.63, 3.8) is 0 Å². The molecule has 0 fully saturated rings. The summed E-state index contributed by atoms with van der Waals surface area (Å²) in [5.41, 5.74) is 0.914. The lowest BCUT2D eigenvalue weighted by Gasteiger charge is -2.05. The largest absolute Gasteiger partial charge is 0.478 e. The predicted molar refractivity (Wildman–Crippen MR) is 44.5 cm³/mol. The monoisotopic (exact) mass is 168 g/mol. The molecule has 0 aliphatic heterocycles. The number of hydrogen-bond acceptors (Lipinski definition) is 4. The van der Waals surface area contributed by atoms with Gasteiger partial charge in [-0.3, -0.25) is 0 Å². The summed E-state index contributed by atoms with van der Waals surface area (Å²) < 4.78 is 10.1. The van der Waals surface area contributed by atoms with Crippen molar-refractivity contribution in [3.8, 4) is 11.9 Å². The Balaban J connectivity index is 2.91. The van der Waals surface area contributed by atoms with E-state index in [1.54, 1.807) is 6.20 Å². The van der Waals surface area contributed by atoms with Crippen molar-refractivity contribution in [2.45, 2.75) is 13.8 Å². The zero-order valence-electron chi connectivity index (χ0n) is 7.50. The van der Waals surface area contributed by atoms with Gasteiger partial charge in [0.2, 0.25) is 5.88 Å². The van der Waals surface area contributed by atoms with Crippen LogP contribution in [0.25, 0.3) is 0 Å². The molecule has 12 heavy (non-hydrogen) atoms. The molecule has 0 spiro atoms. The van der Waals surface area contributed by atoms with Crippen LogP contribution in [0.15, 0.2) is 6.20 Å². The van der Waals surface area contributed by atoms with Crippen molar-refractivity contribution in [2.24, 2.45) is 0 Å². The van der Waals surface area contributed by atoms with E-state index in [-0.39, 0.29) is 0 Å². The van der Waals surface area contributed by atoms with Crippen molar-refractivity contribution >= 4 is 0 Å². The van der Waals surface area contributed by atoms with Crippen LogP contribution in [0.5, 0.6) is 11.9 Å². The van der Waals surface area contributed by atoms with Gasteiger partial charge < -0.3 is 9.47 Å². The number of rotatable bonds is 3. The molecule has 66 valence electrons. The van der Waals surface area contributed by atoms with Crippen LogP contribution in [-0.4, -0.2) is 23.7 Å². The number of ether oxygens (including phenoxy) is 2. The van der Waals surface area contributed by atoms with Gasteiger partial charge in [0.25, 0.3) is 0 Å². The van der Waals surface area contributed by atoms with Gasteiger partial charge in [0.15, 0.2) is 0 Å². The summed E-state index contributed by atoms with van der Waals surface area (Å²) in [6.07, 6.45) is 1.68. The van der Waals surface area contributed by atoms with E-state index in [1.807, 2.05) is 13.8 Å². The Morgan fingerprint density at radius 3 is 2.83 bits per heavy atom. The minimum absolute atomic E-state index is 0.337. The molecular formula is C8H12N2O2. The highest BCUT2D eigenvalue weighted by Crippen LogP contribution is 2.15.